The van der Waals surface area contributed by atoms with E-state index in [9.17, 15) is 0 Å². The van der Waals surface area contributed by atoms with E-state index in [1.54, 1.807) is 6.20 Å². The summed E-state index contributed by atoms with van der Waals surface area (Å²) < 4.78 is 5.43. The minimum absolute atomic E-state index is 0.501. The Morgan fingerprint density at radius 3 is 2.68 bits per heavy atom. The Balaban J connectivity index is 1.60. The maximum Gasteiger partial charge on any atom is 0.266 e. The van der Waals surface area contributed by atoms with E-state index in [2.05, 4.69) is 26.1 Å². The van der Waals surface area contributed by atoms with E-state index in [0.717, 1.165) is 17.7 Å². The molecule has 1 saturated carbocycles. The molecular weight excluding hydrogens is 276 g/mol. The first-order valence-corrected chi connectivity index (χ1v) is 7.45. The van der Waals surface area contributed by atoms with E-state index < -0.39 is 0 Å². The number of rotatable bonds is 5. The maximum absolute atomic E-state index is 5.43. The third-order valence-corrected chi connectivity index (χ3v) is 3.76. The molecule has 2 heterocycles. The quantitative estimate of drug-likeness (QED) is 0.722. The molecule has 0 N–H and O–H groups in total. The van der Waals surface area contributed by atoms with Gasteiger partial charge in [0.1, 0.15) is 0 Å². The van der Waals surface area contributed by atoms with Crippen molar-refractivity contribution >= 4 is 5.95 Å². The lowest BCUT2D eigenvalue weighted by molar-refractivity contribution is 0.428. The van der Waals surface area contributed by atoms with Gasteiger partial charge in [-0.15, -0.1) is 0 Å². The normalized spacial score (nSPS) is 14.0. The van der Waals surface area contributed by atoms with Crippen LogP contribution in [0.25, 0.3) is 11.5 Å². The molecule has 110 valence electrons. The molecule has 1 aliphatic carbocycles. The van der Waals surface area contributed by atoms with E-state index in [4.69, 9.17) is 4.52 Å². The molecule has 0 aliphatic heterocycles. The van der Waals surface area contributed by atoms with Gasteiger partial charge in [-0.25, -0.2) is 0 Å². The number of pyridine rings is 1. The highest BCUT2D eigenvalue weighted by Crippen LogP contribution is 2.32. The van der Waals surface area contributed by atoms with E-state index in [-0.39, 0.29) is 0 Å². The van der Waals surface area contributed by atoms with Crippen molar-refractivity contribution in [2.45, 2.75) is 25.4 Å². The first-order chi connectivity index (χ1) is 10.9. The summed E-state index contributed by atoms with van der Waals surface area (Å²) in [5, 5.41) is 4.17. The topological polar surface area (TPSA) is 55.1 Å². The Labute approximate surface area is 128 Å². The van der Waals surface area contributed by atoms with E-state index in [1.165, 1.54) is 12.8 Å². The largest absolute Gasteiger partial charge is 0.332 e. The van der Waals surface area contributed by atoms with Crippen LogP contribution in [0.5, 0.6) is 0 Å². The van der Waals surface area contributed by atoms with Crippen molar-refractivity contribution < 1.29 is 4.52 Å². The summed E-state index contributed by atoms with van der Waals surface area (Å²) in [6, 6.07) is 14.4. The summed E-state index contributed by atoms with van der Waals surface area (Å²) in [5.41, 5.74) is 2.10. The fraction of sp³-hybridized carbons (Fsp3) is 0.235. The molecule has 1 fully saturated rings. The zero-order chi connectivity index (χ0) is 14.8. The first kappa shape index (κ1) is 13.0. The average Bonchev–Trinajstić information content (AvgIpc) is 3.31. The zero-order valence-corrected chi connectivity index (χ0v) is 12.1. The smallest absolute Gasteiger partial charge is 0.266 e. The zero-order valence-electron chi connectivity index (χ0n) is 12.1. The summed E-state index contributed by atoms with van der Waals surface area (Å²) in [6.07, 6.45) is 6.02. The molecule has 22 heavy (non-hydrogen) atoms. The van der Waals surface area contributed by atoms with Gasteiger partial charge in [-0.3, -0.25) is 4.98 Å². The van der Waals surface area contributed by atoms with Gasteiger partial charge in [-0.2, -0.15) is 4.98 Å². The van der Waals surface area contributed by atoms with Gasteiger partial charge in [0.05, 0.1) is 0 Å². The van der Waals surface area contributed by atoms with Gasteiger partial charge >= 0.3 is 0 Å². The number of anilines is 1. The van der Waals surface area contributed by atoms with Gasteiger partial charge in [0, 0.05) is 30.5 Å². The van der Waals surface area contributed by atoms with Crippen molar-refractivity contribution in [2.75, 3.05) is 4.90 Å². The highest BCUT2D eigenvalue weighted by molar-refractivity contribution is 5.54. The highest BCUT2D eigenvalue weighted by atomic mass is 16.5. The minimum Gasteiger partial charge on any atom is -0.332 e. The van der Waals surface area contributed by atoms with Gasteiger partial charge in [0.2, 0.25) is 0 Å². The second kappa shape index (κ2) is 5.60. The summed E-state index contributed by atoms with van der Waals surface area (Å²) in [6.45, 7) is 0.756. The van der Waals surface area contributed by atoms with Crippen LogP contribution in [-0.2, 0) is 6.54 Å². The number of hydrogen-bond donors (Lipinski definition) is 0. The fourth-order valence-electron chi connectivity index (χ4n) is 2.47. The van der Waals surface area contributed by atoms with Crippen LogP contribution >= 0.6 is 0 Å². The summed E-state index contributed by atoms with van der Waals surface area (Å²) in [7, 11) is 0. The highest BCUT2D eigenvalue weighted by Gasteiger charge is 2.32. The lowest BCUT2D eigenvalue weighted by atomic mass is 10.2. The van der Waals surface area contributed by atoms with Crippen LogP contribution < -0.4 is 4.90 Å². The molecule has 0 unspecified atom stereocenters. The van der Waals surface area contributed by atoms with Crippen LogP contribution in [0.4, 0.5) is 5.95 Å². The first-order valence-electron chi connectivity index (χ1n) is 7.45. The second-order valence-electron chi connectivity index (χ2n) is 5.49. The lowest BCUT2D eigenvalue weighted by Gasteiger charge is -2.19. The number of hydrogen-bond acceptors (Lipinski definition) is 5. The van der Waals surface area contributed by atoms with Crippen LogP contribution in [0.2, 0.25) is 0 Å². The van der Waals surface area contributed by atoms with Crippen molar-refractivity contribution in [3.63, 3.8) is 0 Å². The number of benzene rings is 1. The summed E-state index contributed by atoms with van der Waals surface area (Å²) in [5.74, 6) is 1.22. The molecule has 0 spiro atoms. The van der Waals surface area contributed by atoms with Crippen LogP contribution in [0.1, 0.15) is 18.4 Å². The van der Waals surface area contributed by atoms with Gasteiger partial charge in [-0.05, 0) is 41.8 Å². The molecule has 5 heteroatoms. The minimum atomic E-state index is 0.501. The van der Waals surface area contributed by atoms with E-state index in [1.807, 2.05) is 42.6 Å². The van der Waals surface area contributed by atoms with Gasteiger partial charge < -0.3 is 9.42 Å². The molecule has 1 aliphatic rings. The summed E-state index contributed by atoms with van der Waals surface area (Å²) >= 11 is 0. The fourth-order valence-corrected chi connectivity index (χ4v) is 2.47. The average molecular weight is 292 g/mol. The molecule has 5 nitrogen and oxygen atoms in total. The van der Waals surface area contributed by atoms with Crippen LogP contribution in [-0.4, -0.2) is 21.2 Å². The van der Waals surface area contributed by atoms with Crippen LogP contribution in [0.15, 0.2) is 59.4 Å². The summed E-state index contributed by atoms with van der Waals surface area (Å²) in [4.78, 5) is 10.9. The van der Waals surface area contributed by atoms with Crippen molar-refractivity contribution in [3.05, 3.63) is 60.4 Å². The van der Waals surface area contributed by atoms with Crippen LogP contribution in [0, 0.1) is 0 Å². The molecule has 0 bridgehead atoms. The Morgan fingerprint density at radius 2 is 1.95 bits per heavy atom. The van der Waals surface area contributed by atoms with Gasteiger partial charge in [-0.1, -0.05) is 24.3 Å². The Hall–Kier alpha value is -2.69. The van der Waals surface area contributed by atoms with Gasteiger partial charge in [0.15, 0.2) is 0 Å². The molecule has 4 rings (SSSR count). The van der Waals surface area contributed by atoms with Crippen LogP contribution in [0.3, 0.4) is 0 Å². The number of nitrogens with zero attached hydrogens (tertiary/aromatic N) is 4. The molecule has 1 aromatic carbocycles. The maximum atomic E-state index is 5.43. The Kier molecular flexibility index (Phi) is 3.31. The monoisotopic (exact) mass is 292 g/mol. The third-order valence-electron chi connectivity index (χ3n) is 3.76. The molecule has 0 saturated heterocycles. The van der Waals surface area contributed by atoms with Crippen molar-refractivity contribution in [1.82, 2.24) is 15.1 Å². The molecule has 3 aromatic rings. The predicted octanol–water partition coefficient (Wildman–Crippen LogP) is 3.30. The Morgan fingerprint density at radius 1 is 1.09 bits per heavy atom. The number of aromatic nitrogens is 3. The lowest BCUT2D eigenvalue weighted by Crippen LogP contribution is -2.26. The molecule has 2 aromatic heterocycles. The SMILES string of the molecule is c1ccc(-c2nc(N(Cc3cccnc3)C3CC3)no2)cc1. The molecule has 0 radical (unpaired) electrons. The Bertz CT molecular complexity index is 738. The molecular formula is C17H16N4O. The second-order valence-corrected chi connectivity index (χ2v) is 5.49. The van der Waals surface area contributed by atoms with Crippen molar-refractivity contribution in [3.8, 4) is 11.5 Å². The standard InChI is InChI=1S/C17H16N4O/c1-2-6-14(7-3-1)16-19-17(20-22-16)21(15-8-9-15)12-13-5-4-10-18-11-13/h1-7,10-11,15H,8-9,12H2. The predicted molar refractivity (Wildman–Crippen MR) is 83.2 cm³/mol. The van der Waals surface area contributed by atoms with Crippen molar-refractivity contribution in [1.29, 1.82) is 0 Å². The van der Waals surface area contributed by atoms with E-state index >= 15 is 0 Å². The van der Waals surface area contributed by atoms with Gasteiger partial charge in [0.25, 0.3) is 11.8 Å². The molecule has 0 atom stereocenters. The molecule has 0 amide bonds. The van der Waals surface area contributed by atoms with Crippen molar-refractivity contribution in [2.24, 2.45) is 0 Å². The van der Waals surface area contributed by atoms with E-state index in [0.29, 0.717) is 17.9 Å². The third kappa shape index (κ3) is 2.70.